The van der Waals surface area contributed by atoms with E-state index in [-0.39, 0.29) is 0 Å². The zero-order chi connectivity index (χ0) is 43.8. The SMILES string of the molecule is c1ccc(-c2ccc(-c3ccc(N(c4cc(-c5ccccc5)cc(-c5ccccc5)c4)c4cccc(-c5cccc6c5c5c7ccccc7ccc5n6-c5ccccc5)c4)cc3)cc2)cc1. The minimum atomic E-state index is 1.07. The number of nitrogens with zero attached hydrogens (tertiary/aromatic N) is 2. The van der Waals surface area contributed by atoms with E-state index in [9.17, 15) is 0 Å². The van der Waals surface area contributed by atoms with Crippen LogP contribution in [0.4, 0.5) is 17.1 Å². The third kappa shape index (κ3) is 7.12. The van der Waals surface area contributed by atoms with Crippen LogP contribution >= 0.6 is 0 Å². The Balaban J connectivity index is 1.05. The van der Waals surface area contributed by atoms with E-state index in [1.807, 2.05) is 0 Å². The molecule has 0 aliphatic rings. The molecule has 0 aliphatic heterocycles. The summed E-state index contributed by atoms with van der Waals surface area (Å²) in [5.41, 5.74) is 18.6. The normalized spacial score (nSPS) is 11.3. The maximum Gasteiger partial charge on any atom is 0.0547 e. The van der Waals surface area contributed by atoms with Crippen molar-refractivity contribution in [3.05, 3.63) is 267 Å². The lowest BCUT2D eigenvalue weighted by atomic mass is 9.95. The number of rotatable bonds is 9. The van der Waals surface area contributed by atoms with Crippen molar-refractivity contribution in [2.45, 2.75) is 0 Å². The maximum absolute atomic E-state index is 2.42. The molecular weight excluding hydrogens is 797 g/mol. The molecule has 0 fully saturated rings. The molecule has 2 nitrogen and oxygen atoms in total. The minimum absolute atomic E-state index is 1.07. The van der Waals surface area contributed by atoms with Gasteiger partial charge in [0.25, 0.3) is 0 Å². The number of hydrogen-bond acceptors (Lipinski definition) is 1. The lowest BCUT2D eigenvalue weighted by Gasteiger charge is -2.27. The first kappa shape index (κ1) is 38.9. The van der Waals surface area contributed by atoms with Crippen LogP contribution in [-0.2, 0) is 0 Å². The first-order valence-electron chi connectivity index (χ1n) is 22.7. The Morgan fingerprint density at radius 2 is 0.727 bits per heavy atom. The molecule has 12 aromatic rings. The second-order valence-electron chi connectivity index (χ2n) is 16.9. The van der Waals surface area contributed by atoms with Gasteiger partial charge in [-0.25, -0.2) is 0 Å². The molecule has 0 saturated carbocycles. The first-order chi connectivity index (χ1) is 32.7. The van der Waals surface area contributed by atoms with Crippen molar-refractivity contribution in [2.24, 2.45) is 0 Å². The van der Waals surface area contributed by atoms with Gasteiger partial charge in [-0.15, -0.1) is 0 Å². The minimum Gasteiger partial charge on any atom is -0.310 e. The predicted molar refractivity (Wildman–Crippen MR) is 280 cm³/mol. The largest absolute Gasteiger partial charge is 0.310 e. The number of fused-ring (bicyclic) bond motifs is 5. The number of para-hydroxylation sites is 1. The van der Waals surface area contributed by atoms with Crippen LogP contribution in [0.5, 0.6) is 0 Å². The van der Waals surface area contributed by atoms with Crippen LogP contribution in [0.15, 0.2) is 267 Å². The van der Waals surface area contributed by atoms with Crippen molar-refractivity contribution in [1.29, 1.82) is 0 Å². The zero-order valence-electron chi connectivity index (χ0n) is 36.3. The van der Waals surface area contributed by atoms with Gasteiger partial charge in [0.1, 0.15) is 0 Å². The third-order valence-electron chi connectivity index (χ3n) is 13.0. The molecule has 310 valence electrons. The lowest BCUT2D eigenvalue weighted by molar-refractivity contribution is 1.18. The van der Waals surface area contributed by atoms with Gasteiger partial charge in [0.05, 0.1) is 11.0 Å². The van der Waals surface area contributed by atoms with E-state index in [0.717, 1.165) is 39.4 Å². The fraction of sp³-hybridized carbons (Fsp3) is 0. The smallest absolute Gasteiger partial charge is 0.0547 e. The number of hydrogen-bond donors (Lipinski definition) is 0. The van der Waals surface area contributed by atoms with Gasteiger partial charge in [-0.2, -0.15) is 0 Å². The average molecular weight is 841 g/mol. The monoisotopic (exact) mass is 840 g/mol. The van der Waals surface area contributed by atoms with Gasteiger partial charge in [0, 0.05) is 33.5 Å². The van der Waals surface area contributed by atoms with Crippen LogP contribution in [0.25, 0.3) is 93.9 Å². The Kier molecular flexibility index (Phi) is 9.89. The summed E-state index contributed by atoms with van der Waals surface area (Å²) >= 11 is 0. The summed E-state index contributed by atoms with van der Waals surface area (Å²) in [6.07, 6.45) is 0. The molecule has 11 aromatic carbocycles. The molecule has 1 heterocycles. The number of benzene rings is 11. The number of aromatic nitrogens is 1. The van der Waals surface area contributed by atoms with Gasteiger partial charge in [0.2, 0.25) is 0 Å². The summed E-state index contributed by atoms with van der Waals surface area (Å²) in [6, 6.07) is 96.9. The van der Waals surface area contributed by atoms with E-state index in [1.54, 1.807) is 0 Å². The fourth-order valence-electron chi connectivity index (χ4n) is 9.81. The van der Waals surface area contributed by atoms with E-state index in [4.69, 9.17) is 0 Å². The molecule has 0 amide bonds. The summed E-state index contributed by atoms with van der Waals surface area (Å²) in [6.45, 7) is 0. The predicted octanol–water partition coefficient (Wildman–Crippen LogP) is 17.7. The van der Waals surface area contributed by atoms with Gasteiger partial charge in [-0.05, 0) is 133 Å². The fourth-order valence-corrected chi connectivity index (χ4v) is 9.81. The van der Waals surface area contributed by atoms with Crippen LogP contribution in [0.2, 0.25) is 0 Å². The van der Waals surface area contributed by atoms with Crippen LogP contribution < -0.4 is 4.90 Å². The van der Waals surface area contributed by atoms with Gasteiger partial charge in [-0.3, -0.25) is 0 Å². The highest BCUT2D eigenvalue weighted by Gasteiger charge is 2.21. The Hall–Kier alpha value is -8.72. The molecule has 1 aromatic heterocycles. The highest BCUT2D eigenvalue weighted by molar-refractivity contribution is 6.25. The Bertz CT molecular complexity index is 3590. The van der Waals surface area contributed by atoms with Gasteiger partial charge < -0.3 is 9.47 Å². The van der Waals surface area contributed by atoms with Gasteiger partial charge >= 0.3 is 0 Å². The third-order valence-corrected chi connectivity index (χ3v) is 13.0. The molecule has 0 saturated heterocycles. The van der Waals surface area contributed by atoms with Crippen molar-refractivity contribution < 1.29 is 0 Å². The summed E-state index contributed by atoms with van der Waals surface area (Å²) in [4.78, 5) is 2.42. The van der Waals surface area contributed by atoms with Crippen LogP contribution in [0.3, 0.4) is 0 Å². The Morgan fingerprint density at radius 1 is 0.258 bits per heavy atom. The van der Waals surface area contributed by atoms with E-state index in [2.05, 4.69) is 276 Å². The molecule has 0 radical (unpaired) electrons. The zero-order valence-corrected chi connectivity index (χ0v) is 36.3. The van der Waals surface area contributed by atoms with Crippen molar-refractivity contribution in [3.8, 4) is 61.3 Å². The van der Waals surface area contributed by atoms with Crippen molar-refractivity contribution in [2.75, 3.05) is 4.90 Å². The van der Waals surface area contributed by atoms with Crippen LogP contribution in [0.1, 0.15) is 0 Å². The molecule has 0 spiro atoms. The summed E-state index contributed by atoms with van der Waals surface area (Å²) < 4.78 is 2.42. The molecule has 0 aliphatic carbocycles. The molecular formula is C64H44N2. The molecule has 0 atom stereocenters. The van der Waals surface area contributed by atoms with Crippen LogP contribution in [-0.4, -0.2) is 4.57 Å². The molecule has 0 unspecified atom stereocenters. The highest BCUT2D eigenvalue weighted by Crippen LogP contribution is 2.45. The molecule has 0 bridgehead atoms. The number of anilines is 3. The Labute approximate surface area is 385 Å². The highest BCUT2D eigenvalue weighted by atomic mass is 15.1. The summed E-state index contributed by atoms with van der Waals surface area (Å²) in [7, 11) is 0. The lowest BCUT2D eigenvalue weighted by Crippen LogP contribution is -2.10. The van der Waals surface area contributed by atoms with Crippen molar-refractivity contribution in [1.82, 2.24) is 4.57 Å². The second kappa shape index (κ2) is 16.8. The molecule has 2 heteroatoms. The molecule has 12 rings (SSSR count). The van der Waals surface area contributed by atoms with Gasteiger partial charge in [-0.1, -0.05) is 200 Å². The van der Waals surface area contributed by atoms with Crippen molar-refractivity contribution >= 4 is 49.6 Å². The summed E-state index contributed by atoms with van der Waals surface area (Å²) in [5.74, 6) is 0. The Morgan fingerprint density at radius 3 is 1.35 bits per heavy atom. The maximum atomic E-state index is 2.42. The molecule has 66 heavy (non-hydrogen) atoms. The average Bonchev–Trinajstić information content (AvgIpc) is 3.75. The van der Waals surface area contributed by atoms with E-state index in [0.29, 0.717) is 0 Å². The van der Waals surface area contributed by atoms with E-state index in [1.165, 1.54) is 71.5 Å². The second-order valence-corrected chi connectivity index (χ2v) is 16.9. The quantitative estimate of drug-likeness (QED) is 0.141. The molecule has 0 N–H and O–H groups in total. The van der Waals surface area contributed by atoms with E-state index < -0.39 is 0 Å². The van der Waals surface area contributed by atoms with Crippen molar-refractivity contribution in [3.63, 3.8) is 0 Å². The summed E-state index contributed by atoms with van der Waals surface area (Å²) in [5, 5.41) is 4.99. The van der Waals surface area contributed by atoms with E-state index >= 15 is 0 Å². The first-order valence-corrected chi connectivity index (χ1v) is 22.7. The topological polar surface area (TPSA) is 8.17 Å². The van der Waals surface area contributed by atoms with Crippen LogP contribution in [0, 0.1) is 0 Å². The van der Waals surface area contributed by atoms with Gasteiger partial charge in [0.15, 0.2) is 0 Å². The standard InChI is InChI=1S/C64H44N2/c1-5-17-45(18-6-1)48-31-33-49(34-32-48)50-35-38-56(39-36-50)65(58-43-53(46-19-7-2-8-20-46)41-54(44-58)47-21-9-3-10-22-47)57-27-15-24-52(42-57)60-29-16-30-61-64(60)63-59-28-14-13-23-51(59)37-40-62(63)66(61)55-25-11-4-12-26-55/h1-44H.